The lowest BCUT2D eigenvalue weighted by Crippen LogP contribution is -2.22. The minimum Gasteiger partial charge on any atom is -0.348 e. The number of aromatic nitrogens is 4. The van der Waals surface area contributed by atoms with Gasteiger partial charge in [-0.15, -0.1) is 5.10 Å². The van der Waals surface area contributed by atoms with E-state index in [0.29, 0.717) is 12.1 Å². The molecule has 0 atom stereocenters. The summed E-state index contributed by atoms with van der Waals surface area (Å²) in [7, 11) is 0. The smallest absolute Gasteiger partial charge is 0.251 e. The van der Waals surface area contributed by atoms with Crippen LogP contribution in [0.25, 0.3) is 11.0 Å². The maximum absolute atomic E-state index is 12.2. The average molecular weight is 281 g/mol. The second kappa shape index (κ2) is 5.70. The van der Waals surface area contributed by atoms with Gasteiger partial charge in [-0.05, 0) is 42.8 Å². The molecule has 0 saturated heterocycles. The highest BCUT2D eigenvalue weighted by molar-refractivity contribution is 5.97. The summed E-state index contributed by atoms with van der Waals surface area (Å²) in [5.74, 6) is -0.125. The van der Waals surface area contributed by atoms with Gasteiger partial charge in [0.15, 0.2) is 0 Å². The Bertz CT molecular complexity index is 766. The van der Waals surface area contributed by atoms with Crippen LogP contribution < -0.4 is 5.32 Å². The third kappa shape index (κ3) is 2.74. The Morgan fingerprint density at radius 2 is 2.05 bits per heavy atom. The Morgan fingerprint density at radius 3 is 2.81 bits per heavy atom. The molecule has 0 aliphatic rings. The van der Waals surface area contributed by atoms with Crippen molar-refractivity contribution in [3.8, 4) is 0 Å². The molecule has 1 amide bonds. The van der Waals surface area contributed by atoms with Gasteiger partial charge in [-0.1, -0.05) is 5.21 Å². The SMILES string of the molecule is CCn1nnc2cc(C(=O)NCc3ccncc3)ccc21. The summed E-state index contributed by atoms with van der Waals surface area (Å²) in [6.07, 6.45) is 3.41. The predicted octanol–water partition coefficient (Wildman–Crippen LogP) is 1.78. The third-order valence-corrected chi connectivity index (χ3v) is 3.28. The van der Waals surface area contributed by atoms with Crippen LogP contribution in [0.2, 0.25) is 0 Å². The van der Waals surface area contributed by atoms with Crippen molar-refractivity contribution in [1.82, 2.24) is 25.3 Å². The lowest BCUT2D eigenvalue weighted by molar-refractivity contribution is 0.0951. The van der Waals surface area contributed by atoms with Crippen LogP contribution in [0.3, 0.4) is 0 Å². The van der Waals surface area contributed by atoms with Gasteiger partial charge in [-0.2, -0.15) is 0 Å². The van der Waals surface area contributed by atoms with Gasteiger partial charge >= 0.3 is 0 Å². The number of fused-ring (bicyclic) bond motifs is 1. The summed E-state index contributed by atoms with van der Waals surface area (Å²) < 4.78 is 1.80. The van der Waals surface area contributed by atoms with Crippen molar-refractivity contribution in [1.29, 1.82) is 0 Å². The summed E-state index contributed by atoms with van der Waals surface area (Å²) >= 11 is 0. The average Bonchev–Trinajstić information content (AvgIpc) is 2.95. The fourth-order valence-electron chi connectivity index (χ4n) is 2.13. The van der Waals surface area contributed by atoms with Crippen molar-refractivity contribution in [3.05, 3.63) is 53.9 Å². The van der Waals surface area contributed by atoms with Crippen molar-refractivity contribution >= 4 is 16.9 Å². The molecule has 0 unspecified atom stereocenters. The van der Waals surface area contributed by atoms with Crippen LogP contribution >= 0.6 is 0 Å². The van der Waals surface area contributed by atoms with E-state index in [1.165, 1.54) is 0 Å². The first-order valence-electron chi connectivity index (χ1n) is 6.78. The lowest BCUT2D eigenvalue weighted by atomic mass is 10.2. The topological polar surface area (TPSA) is 72.7 Å². The number of hydrogen-bond acceptors (Lipinski definition) is 4. The van der Waals surface area contributed by atoms with Crippen molar-refractivity contribution < 1.29 is 4.79 Å². The molecule has 21 heavy (non-hydrogen) atoms. The summed E-state index contributed by atoms with van der Waals surface area (Å²) in [5.41, 5.74) is 3.26. The molecule has 1 N–H and O–H groups in total. The van der Waals surface area contributed by atoms with Gasteiger partial charge < -0.3 is 5.32 Å². The van der Waals surface area contributed by atoms with Crippen LogP contribution in [-0.4, -0.2) is 25.9 Å². The first-order valence-corrected chi connectivity index (χ1v) is 6.78. The van der Waals surface area contributed by atoms with Crippen LogP contribution in [0.4, 0.5) is 0 Å². The van der Waals surface area contributed by atoms with Crippen molar-refractivity contribution in [2.75, 3.05) is 0 Å². The van der Waals surface area contributed by atoms with Crippen LogP contribution in [0, 0.1) is 0 Å². The number of pyridine rings is 1. The third-order valence-electron chi connectivity index (χ3n) is 3.28. The van der Waals surface area contributed by atoms with Gasteiger partial charge in [0, 0.05) is 31.0 Å². The number of nitrogens with one attached hydrogen (secondary N) is 1. The Kier molecular flexibility index (Phi) is 3.59. The van der Waals surface area contributed by atoms with E-state index in [4.69, 9.17) is 0 Å². The van der Waals surface area contributed by atoms with E-state index < -0.39 is 0 Å². The molecule has 0 bridgehead atoms. The Labute approximate surface area is 121 Å². The van der Waals surface area contributed by atoms with Gasteiger partial charge in [-0.3, -0.25) is 9.78 Å². The molecule has 0 aliphatic carbocycles. The first-order chi connectivity index (χ1) is 10.3. The molecule has 2 aromatic heterocycles. The molecule has 0 saturated carbocycles. The number of hydrogen-bond donors (Lipinski definition) is 1. The van der Waals surface area contributed by atoms with Gasteiger partial charge in [0.25, 0.3) is 5.91 Å². The fraction of sp³-hybridized carbons (Fsp3) is 0.200. The highest BCUT2D eigenvalue weighted by Gasteiger charge is 2.09. The van der Waals surface area contributed by atoms with E-state index in [1.807, 2.05) is 25.1 Å². The highest BCUT2D eigenvalue weighted by Crippen LogP contribution is 2.13. The largest absolute Gasteiger partial charge is 0.348 e. The summed E-state index contributed by atoms with van der Waals surface area (Å²) in [5, 5.41) is 11.0. The van der Waals surface area contributed by atoms with Gasteiger partial charge in [0.05, 0.1) is 5.52 Å². The quantitative estimate of drug-likeness (QED) is 0.791. The molecule has 0 fully saturated rings. The van der Waals surface area contributed by atoms with Crippen molar-refractivity contribution in [3.63, 3.8) is 0 Å². The van der Waals surface area contributed by atoms with E-state index in [2.05, 4.69) is 20.6 Å². The zero-order valence-corrected chi connectivity index (χ0v) is 11.7. The molecular formula is C15H15N5O. The monoisotopic (exact) mass is 281 g/mol. The van der Waals surface area contributed by atoms with E-state index >= 15 is 0 Å². The Morgan fingerprint density at radius 1 is 1.24 bits per heavy atom. The summed E-state index contributed by atoms with van der Waals surface area (Å²) in [6.45, 7) is 3.23. The molecule has 1 aromatic carbocycles. The van der Waals surface area contributed by atoms with Crippen LogP contribution in [0.1, 0.15) is 22.8 Å². The Balaban J connectivity index is 1.75. The van der Waals surface area contributed by atoms with E-state index in [0.717, 1.165) is 23.1 Å². The van der Waals surface area contributed by atoms with E-state index in [-0.39, 0.29) is 5.91 Å². The maximum atomic E-state index is 12.2. The molecule has 6 nitrogen and oxygen atoms in total. The zero-order chi connectivity index (χ0) is 14.7. The minimum absolute atomic E-state index is 0.125. The normalized spacial score (nSPS) is 10.7. The standard InChI is InChI=1S/C15H15N5O/c1-2-20-14-4-3-12(9-13(14)18-19-20)15(21)17-10-11-5-7-16-8-6-11/h3-9H,2,10H2,1H3,(H,17,21). The number of benzene rings is 1. The predicted molar refractivity (Wildman–Crippen MR) is 78.6 cm³/mol. The second-order valence-corrected chi connectivity index (χ2v) is 4.65. The molecule has 3 aromatic rings. The van der Waals surface area contributed by atoms with Crippen LogP contribution in [-0.2, 0) is 13.1 Å². The second-order valence-electron chi connectivity index (χ2n) is 4.65. The van der Waals surface area contributed by atoms with Gasteiger partial charge in [0.2, 0.25) is 0 Å². The number of aryl methyl sites for hydroxylation is 1. The van der Waals surface area contributed by atoms with Crippen LogP contribution in [0.5, 0.6) is 0 Å². The summed E-state index contributed by atoms with van der Waals surface area (Å²) in [4.78, 5) is 16.1. The fourth-order valence-corrected chi connectivity index (χ4v) is 2.13. The number of nitrogens with zero attached hydrogens (tertiary/aromatic N) is 4. The molecular weight excluding hydrogens is 266 g/mol. The van der Waals surface area contributed by atoms with Crippen molar-refractivity contribution in [2.24, 2.45) is 0 Å². The zero-order valence-electron chi connectivity index (χ0n) is 11.7. The molecule has 6 heteroatoms. The first kappa shape index (κ1) is 13.2. The number of amides is 1. The molecule has 2 heterocycles. The maximum Gasteiger partial charge on any atom is 0.251 e. The molecule has 0 spiro atoms. The number of rotatable bonds is 4. The summed E-state index contributed by atoms with van der Waals surface area (Å²) in [6, 6.07) is 9.17. The van der Waals surface area contributed by atoms with E-state index in [9.17, 15) is 4.79 Å². The van der Waals surface area contributed by atoms with Crippen molar-refractivity contribution in [2.45, 2.75) is 20.0 Å². The van der Waals surface area contributed by atoms with Gasteiger partial charge in [0.1, 0.15) is 5.52 Å². The van der Waals surface area contributed by atoms with Gasteiger partial charge in [-0.25, -0.2) is 4.68 Å². The lowest BCUT2D eigenvalue weighted by Gasteiger charge is -2.05. The minimum atomic E-state index is -0.125. The number of carbonyl (C=O) groups excluding carboxylic acids is 1. The molecule has 106 valence electrons. The molecule has 3 rings (SSSR count). The molecule has 0 radical (unpaired) electrons. The number of carbonyl (C=O) groups is 1. The highest BCUT2D eigenvalue weighted by atomic mass is 16.1. The van der Waals surface area contributed by atoms with E-state index in [1.54, 1.807) is 29.2 Å². The Hall–Kier alpha value is -2.76. The van der Waals surface area contributed by atoms with Crippen LogP contribution in [0.15, 0.2) is 42.7 Å². The molecule has 0 aliphatic heterocycles.